The van der Waals surface area contributed by atoms with Gasteiger partial charge >= 0.3 is 0 Å². The molecule has 15 heavy (non-hydrogen) atoms. The molecule has 0 amide bonds. The molecule has 1 aromatic rings. The van der Waals surface area contributed by atoms with Crippen molar-refractivity contribution in [1.82, 2.24) is 9.78 Å². The molecule has 0 spiro atoms. The molecule has 1 heterocycles. The van der Waals surface area contributed by atoms with Crippen molar-refractivity contribution in [3.05, 3.63) is 5.69 Å². The summed E-state index contributed by atoms with van der Waals surface area (Å²) in [6.45, 7) is 4.07. The number of aliphatic hydroxyl groups excluding tert-OH is 1. The number of nitrogens with two attached hydrogens (primary N) is 1. The Bertz CT molecular complexity index is 334. The molecule has 0 aliphatic rings. The van der Waals surface area contributed by atoms with Gasteiger partial charge in [-0.15, -0.1) is 0 Å². The molecule has 3 N–H and O–H groups in total. The highest BCUT2D eigenvalue weighted by Gasteiger charge is 2.18. The highest BCUT2D eigenvalue weighted by molar-refractivity contribution is 5.66. The summed E-state index contributed by atoms with van der Waals surface area (Å²) < 4.78 is 1.76. The topological polar surface area (TPSA) is 67.3 Å². The van der Waals surface area contributed by atoms with Crippen LogP contribution in [-0.4, -0.2) is 34.6 Å². The number of hydrogen-bond donors (Lipinski definition) is 2. The molecular weight excluding hydrogens is 192 g/mol. The molecule has 1 rings (SSSR count). The van der Waals surface area contributed by atoms with E-state index in [1.54, 1.807) is 4.68 Å². The van der Waals surface area contributed by atoms with Crippen molar-refractivity contribution >= 4 is 11.5 Å². The Hall–Kier alpha value is -1.23. The van der Waals surface area contributed by atoms with Gasteiger partial charge in [-0.1, -0.05) is 6.92 Å². The Morgan fingerprint density at radius 3 is 2.60 bits per heavy atom. The van der Waals surface area contributed by atoms with Gasteiger partial charge in [0.1, 0.15) is 5.82 Å². The molecule has 1 atom stereocenters. The summed E-state index contributed by atoms with van der Waals surface area (Å²) in [6.07, 6.45) is 0.820. The predicted octanol–water partition coefficient (Wildman–Crippen LogP) is 0.382. The van der Waals surface area contributed by atoms with Crippen LogP contribution in [0.15, 0.2) is 0 Å². The molecule has 86 valence electrons. The first-order chi connectivity index (χ1) is 7.02. The van der Waals surface area contributed by atoms with E-state index in [0.717, 1.165) is 17.9 Å². The van der Waals surface area contributed by atoms with E-state index in [1.165, 1.54) is 0 Å². The highest BCUT2D eigenvalue weighted by atomic mass is 16.3. The van der Waals surface area contributed by atoms with Gasteiger partial charge in [0.15, 0.2) is 0 Å². The maximum Gasteiger partial charge on any atom is 0.150 e. The summed E-state index contributed by atoms with van der Waals surface area (Å²) in [7, 11) is 3.78. The number of nitrogen functional groups attached to an aromatic ring is 1. The molecule has 0 fully saturated rings. The molecule has 5 nitrogen and oxygen atoms in total. The van der Waals surface area contributed by atoms with E-state index >= 15 is 0 Å². The van der Waals surface area contributed by atoms with Crippen LogP contribution < -0.4 is 10.6 Å². The van der Waals surface area contributed by atoms with Gasteiger partial charge in [0.2, 0.25) is 0 Å². The van der Waals surface area contributed by atoms with E-state index < -0.39 is 0 Å². The zero-order valence-corrected chi connectivity index (χ0v) is 9.86. The van der Waals surface area contributed by atoms with Gasteiger partial charge in [-0.3, -0.25) is 4.68 Å². The van der Waals surface area contributed by atoms with Crippen LogP contribution in [0, 0.1) is 0 Å². The van der Waals surface area contributed by atoms with E-state index in [4.69, 9.17) is 10.8 Å². The third-order valence-corrected chi connectivity index (χ3v) is 2.72. The number of aryl methyl sites for hydroxylation is 2. The van der Waals surface area contributed by atoms with E-state index in [9.17, 15) is 0 Å². The van der Waals surface area contributed by atoms with Crippen LogP contribution in [0.5, 0.6) is 0 Å². The minimum atomic E-state index is 0.0346. The van der Waals surface area contributed by atoms with Crippen molar-refractivity contribution in [2.75, 3.05) is 24.3 Å². The summed E-state index contributed by atoms with van der Waals surface area (Å²) in [5, 5.41) is 13.4. The number of aliphatic hydroxyl groups is 1. The third kappa shape index (κ3) is 2.07. The fourth-order valence-electron chi connectivity index (χ4n) is 1.60. The van der Waals surface area contributed by atoms with Crippen molar-refractivity contribution in [3.8, 4) is 0 Å². The van der Waals surface area contributed by atoms with Crippen molar-refractivity contribution in [2.24, 2.45) is 7.05 Å². The summed E-state index contributed by atoms with van der Waals surface area (Å²) in [6, 6.07) is 0.0346. The van der Waals surface area contributed by atoms with E-state index in [0.29, 0.717) is 5.69 Å². The van der Waals surface area contributed by atoms with Crippen LogP contribution >= 0.6 is 0 Å². The smallest absolute Gasteiger partial charge is 0.150 e. The fraction of sp³-hybridized carbons (Fsp3) is 0.700. The lowest BCUT2D eigenvalue weighted by Crippen LogP contribution is -2.33. The maximum atomic E-state index is 9.10. The summed E-state index contributed by atoms with van der Waals surface area (Å²) >= 11 is 0. The average molecular weight is 212 g/mol. The molecule has 0 aliphatic heterocycles. The number of rotatable bonds is 4. The lowest BCUT2D eigenvalue weighted by Gasteiger charge is -2.25. The standard InChI is InChI=1S/C10H20N4O/c1-5-8-9(11)10(14(4)12-8)13(3)7(2)6-15/h7,15H,5-6,11H2,1-4H3. The number of likely N-dealkylation sites (N-methyl/N-ethyl adjacent to an activating group) is 1. The first-order valence-corrected chi connectivity index (χ1v) is 5.17. The molecule has 0 saturated carbocycles. The van der Waals surface area contributed by atoms with Crippen LogP contribution in [0.1, 0.15) is 19.5 Å². The highest BCUT2D eigenvalue weighted by Crippen LogP contribution is 2.26. The van der Waals surface area contributed by atoms with Crippen LogP contribution in [0.2, 0.25) is 0 Å². The normalized spacial score (nSPS) is 12.9. The molecule has 5 heteroatoms. The van der Waals surface area contributed by atoms with Gasteiger partial charge in [-0.2, -0.15) is 5.10 Å². The quantitative estimate of drug-likeness (QED) is 0.757. The molecule has 0 bridgehead atoms. The molecule has 0 radical (unpaired) electrons. The van der Waals surface area contributed by atoms with Crippen LogP contribution in [0.25, 0.3) is 0 Å². The van der Waals surface area contributed by atoms with Gasteiger partial charge < -0.3 is 15.7 Å². The monoisotopic (exact) mass is 212 g/mol. The van der Waals surface area contributed by atoms with Gasteiger partial charge in [-0.25, -0.2) is 0 Å². The zero-order chi connectivity index (χ0) is 11.6. The van der Waals surface area contributed by atoms with Crippen molar-refractivity contribution < 1.29 is 5.11 Å². The SMILES string of the molecule is CCc1nn(C)c(N(C)C(C)CO)c1N. The maximum absolute atomic E-state index is 9.10. The number of aromatic nitrogens is 2. The summed E-state index contributed by atoms with van der Waals surface area (Å²) in [4.78, 5) is 1.95. The second-order valence-electron chi connectivity index (χ2n) is 3.80. The Balaban J connectivity index is 3.08. The Labute approximate surface area is 90.5 Å². The number of hydrogen-bond acceptors (Lipinski definition) is 4. The Morgan fingerprint density at radius 2 is 2.20 bits per heavy atom. The zero-order valence-electron chi connectivity index (χ0n) is 9.86. The molecule has 0 saturated heterocycles. The van der Waals surface area contributed by atoms with Gasteiger partial charge in [-0.05, 0) is 13.3 Å². The summed E-state index contributed by atoms with van der Waals surface area (Å²) in [5.41, 5.74) is 7.62. The van der Waals surface area contributed by atoms with Gasteiger partial charge in [0.05, 0.1) is 24.0 Å². The fourth-order valence-corrected chi connectivity index (χ4v) is 1.60. The Morgan fingerprint density at radius 1 is 1.60 bits per heavy atom. The Kier molecular flexibility index (Phi) is 3.57. The first kappa shape index (κ1) is 11.8. The minimum absolute atomic E-state index is 0.0346. The van der Waals surface area contributed by atoms with Gasteiger partial charge in [0, 0.05) is 14.1 Å². The van der Waals surface area contributed by atoms with E-state index in [2.05, 4.69) is 5.10 Å². The second-order valence-corrected chi connectivity index (χ2v) is 3.80. The predicted molar refractivity (Wildman–Crippen MR) is 61.9 cm³/mol. The molecular formula is C10H20N4O. The lowest BCUT2D eigenvalue weighted by atomic mass is 10.2. The van der Waals surface area contributed by atoms with Crippen LogP contribution in [0.3, 0.4) is 0 Å². The number of nitrogens with zero attached hydrogens (tertiary/aromatic N) is 3. The molecule has 1 aromatic heterocycles. The number of anilines is 2. The molecule has 1 unspecified atom stereocenters. The van der Waals surface area contributed by atoms with Crippen LogP contribution in [-0.2, 0) is 13.5 Å². The third-order valence-electron chi connectivity index (χ3n) is 2.72. The summed E-state index contributed by atoms with van der Waals surface area (Å²) in [5.74, 6) is 0.869. The largest absolute Gasteiger partial charge is 0.394 e. The molecule has 0 aliphatic carbocycles. The molecule has 0 aromatic carbocycles. The van der Waals surface area contributed by atoms with Gasteiger partial charge in [0.25, 0.3) is 0 Å². The van der Waals surface area contributed by atoms with Crippen molar-refractivity contribution in [3.63, 3.8) is 0 Å². The second kappa shape index (κ2) is 4.53. The van der Waals surface area contributed by atoms with E-state index in [-0.39, 0.29) is 12.6 Å². The van der Waals surface area contributed by atoms with Crippen molar-refractivity contribution in [2.45, 2.75) is 26.3 Å². The van der Waals surface area contributed by atoms with Crippen molar-refractivity contribution in [1.29, 1.82) is 0 Å². The lowest BCUT2D eigenvalue weighted by molar-refractivity contribution is 0.269. The first-order valence-electron chi connectivity index (χ1n) is 5.17. The van der Waals surface area contributed by atoms with E-state index in [1.807, 2.05) is 32.8 Å². The van der Waals surface area contributed by atoms with Crippen LogP contribution in [0.4, 0.5) is 11.5 Å². The minimum Gasteiger partial charge on any atom is -0.394 e. The average Bonchev–Trinajstić information content (AvgIpc) is 2.51.